The van der Waals surface area contributed by atoms with Gasteiger partial charge in [-0.2, -0.15) is 0 Å². The molecule has 0 bridgehead atoms. The lowest BCUT2D eigenvalue weighted by molar-refractivity contribution is -0.142. The summed E-state index contributed by atoms with van der Waals surface area (Å²) < 4.78 is 5.39. The molecule has 1 amide bonds. The minimum atomic E-state index is 0.104. The standard InChI is InChI=1S/C20H28N2O2/c23-19(21-12-16-9-11-24-15-16)14-22-13-18-8-4-5-10-20(18,22)17-6-2-1-3-7-17/h1-3,6-7,16,18H,4-5,8-15H2,(H,21,23)/t16-,18+,20-/m1/s1. The summed E-state index contributed by atoms with van der Waals surface area (Å²) in [4.78, 5) is 14.9. The number of amides is 1. The second-order valence-electron chi connectivity index (χ2n) is 7.65. The van der Waals surface area contributed by atoms with Crippen LogP contribution in [0, 0.1) is 11.8 Å². The van der Waals surface area contributed by atoms with Gasteiger partial charge in [-0.3, -0.25) is 9.69 Å². The van der Waals surface area contributed by atoms with Crippen LogP contribution in [-0.4, -0.2) is 43.7 Å². The van der Waals surface area contributed by atoms with Gasteiger partial charge in [0.25, 0.3) is 0 Å². The maximum Gasteiger partial charge on any atom is 0.234 e. The molecule has 24 heavy (non-hydrogen) atoms. The Kier molecular flexibility index (Phi) is 4.59. The molecular weight excluding hydrogens is 300 g/mol. The number of nitrogens with one attached hydrogen (secondary N) is 1. The molecule has 3 atom stereocenters. The van der Waals surface area contributed by atoms with E-state index in [1.807, 2.05) is 0 Å². The Morgan fingerprint density at radius 1 is 1.25 bits per heavy atom. The highest BCUT2D eigenvalue weighted by atomic mass is 16.5. The molecule has 2 saturated heterocycles. The molecule has 0 aromatic heterocycles. The molecular formula is C20H28N2O2. The number of hydrogen-bond acceptors (Lipinski definition) is 3. The Balaban J connectivity index is 1.41. The molecule has 3 fully saturated rings. The van der Waals surface area contributed by atoms with Crippen LogP contribution in [-0.2, 0) is 15.1 Å². The van der Waals surface area contributed by atoms with Gasteiger partial charge in [0.2, 0.25) is 5.91 Å². The molecule has 4 rings (SSSR count). The topological polar surface area (TPSA) is 41.6 Å². The molecule has 3 aliphatic rings. The minimum absolute atomic E-state index is 0.104. The second kappa shape index (κ2) is 6.85. The summed E-state index contributed by atoms with van der Waals surface area (Å²) >= 11 is 0. The zero-order valence-electron chi connectivity index (χ0n) is 14.4. The van der Waals surface area contributed by atoms with Crippen LogP contribution in [0.4, 0.5) is 0 Å². The maximum atomic E-state index is 12.5. The molecule has 0 unspecified atom stereocenters. The van der Waals surface area contributed by atoms with E-state index in [-0.39, 0.29) is 11.4 Å². The number of fused-ring (bicyclic) bond motifs is 1. The van der Waals surface area contributed by atoms with Crippen molar-refractivity contribution in [1.29, 1.82) is 0 Å². The van der Waals surface area contributed by atoms with Crippen molar-refractivity contribution in [2.24, 2.45) is 11.8 Å². The number of hydrogen-bond donors (Lipinski definition) is 1. The molecule has 1 aromatic carbocycles. The van der Waals surface area contributed by atoms with Crippen LogP contribution in [0.5, 0.6) is 0 Å². The Bertz CT molecular complexity index is 570. The summed E-state index contributed by atoms with van der Waals surface area (Å²) in [7, 11) is 0. The third kappa shape index (κ3) is 2.86. The molecule has 4 heteroatoms. The van der Waals surface area contributed by atoms with E-state index in [0.717, 1.165) is 32.7 Å². The second-order valence-corrected chi connectivity index (χ2v) is 7.65. The Labute approximate surface area is 144 Å². The summed E-state index contributed by atoms with van der Waals surface area (Å²) in [5.41, 5.74) is 1.51. The van der Waals surface area contributed by atoms with Gasteiger partial charge in [0.15, 0.2) is 0 Å². The number of carbonyl (C=O) groups is 1. The van der Waals surface area contributed by atoms with E-state index < -0.39 is 0 Å². The Hall–Kier alpha value is -1.39. The molecule has 2 heterocycles. The van der Waals surface area contributed by atoms with E-state index in [4.69, 9.17) is 4.74 Å². The molecule has 1 aromatic rings. The lowest BCUT2D eigenvalue weighted by atomic mass is 9.62. The summed E-state index contributed by atoms with van der Waals surface area (Å²) in [6.07, 6.45) is 6.15. The van der Waals surface area contributed by atoms with E-state index in [1.54, 1.807) is 0 Å². The van der Waals surface area contributed by atoms with Gasteiger partial charge in [-0.1, -0.05) is 43.2 Å². The lowest BCUT2D eigenvalue weighted by Gasteiger charge is -2.61. The van der Waals surface area contributed by atoms with Crippen LogP contribution < -0.4 is 5.32 Å². The van der Waals surface area contributed by atoms with Gasteiger partial charge in [-0.15, -0.1) is 0 Å². The van der Waals surface area contributed by atoms with E-state index in [2.05, 4.69) is 40.5 Å². The van der Waals surface area contributed by atoms with Gasteiger partial charge in [-0.25, -0.2) is 0 Å². The fraction of sp³-hybridized carbons (Fsp3) is 0.650. The molecule has 1 saturated carbocycles. The smallest absolute Gasteiger partial charge is 0.234 e. The van der Waals surface area contributed by atoms with Crippen molar-refractivity contribution in [3.63, 3.8) is 0 Å². The summed E-state index contributed by atoms with van der Waals surface area (Å²) in [5.74, 6) is 1.38. The molecule has 0 radical (unpaired) electrons. The molecule has 2 aliphatic heterocycles. The Morgan fingerprint density at radius 3 is 2.88 bits per heavy atom. The quantitative estimate of drug-likeness (QED) is 0.903. The van der Waals surface area contributed by atoms with Crippen molar-refractivity contribution < 1.29 is 9.53 Å². The van der Waals surface area contributed by atoms with Gasteiger partial charge >= 0.3 is 0 Å². The monoisotopic (exact) mass is 328 g/mol. The third-order valence-corrected chi connectivity index (χ3v) is 6.26. The van der Waals surface area contributed by atoms with Crippen LogP contribution in [0.3, 0.4) is 0 Å². The summed E-state index contributed by atoms with van der Waals surface area (Å²) in [6, 6.07) is 10.8. The van der Waals surface area contributed by atoms with E-state index >= 15 is 0 Å². The van der Waals surface area contributed by atoms with E-state index in [0.29, 0.717) is 18.4 Å². The Morgan fingerprint density at radius 2 is 2.12 bits per heavy atom. The number of nitrogens with zero attached hydrogens (tertiary/aromatic N) is 1. The minimum Gasteiger partial charge on any atom is -0.381 e. The molecule has 130 valence electrons. The van der Waals surface area contributed by atoms with Crippen LogP contribution in [0.1, 0.15) is 37.7 Å². The SMILES string of the molecule is O=C(CN1C[C@@H]2CCCC[C@@]21c1ccccc1)NC[C@H]1CCOC1. The number of rotatable bonds is 5. The fourth-order valence-electron chi connectivity index (χ4n) is 4.93. The summed E-state index contributed by atoms with van der Waals surface area (Å²) in [5, 5.41) is 3.13. The highest BCUT2D eigenvalue weighted by Gasteiger charge is 2.55. The number of likely N-dealkylation sites (tertiary alicyclic amines) is 1. The van der Waals surface area contributed by atoms with Gasteiger partial charge in [0, 0.05) is 25.6 Å². The first-order chi connectivity index (χ1) is 11.8. The number of benzene rings is 1. The van der Waals surface area contributed by atoms with Crippen LogP contribution >= 0.6 is 0 Å². The fourth-order valence-corrected chi connectivity index (χ4v) is 4.93. The highest BCUT2D eigenvalue weighted by Crippen LogP contribution is 2.53. The molecule has 1 aliphatic carbocycles. The maximum absolute atomic E-state index is 12.5. The van der Waals surface area contributed by atoms with Crippen molar-refractivity contribution >= 4 is 5.91 Å². The van der Waals surface area contributed by atoms with Crippen LogP contribution in [0.2, 0.25) is 0 Å². The van der Waals surface area contributed by atoms with Crippen molar-refractivity contribution in [3.8, 4) is 0 Å². The first-order valence-corrected chi connectivity index (χ1v) is 9.44. The number of ether oxygens (including phenoxy) is 1. The zero-order chi connectivity index (χ0) is 16.4. The van der Waals surface area contributed by atoms with Crippen LogP contribution in [0.15, 0.2) is 30.3 Å². The predicted molar refractivity (Wildman–Crippen MR) is 93.6 cm³/mol. The van der Waals surface area contributed by atoms with E-state index in [1.165, 1.54) is 31.2 Å². The largest absolute Gasteiger partial charge is 0.381 e. The van der Waals surface area contributed by atoms with Crippen molar-refractivity contribution in [2.45, 2.75) is 37.6 Å². The van der Waals surface area contributed by atoms with Crippen molar-refractivity contribution in [3.05, 3.63) is 35.9 Å². The normalized spacial score (nSPS) is 32.8. The van der Waals surface area contributed by atoms with Gasteiger partial charge < -0.3 is 10.1 Å². The average Bonchev–Trinajstić information content (AvgIpc) is 3.12. The molecule has 1 N–H and O–H groups in total. The zero-order valence-corrected chi connectivity index (χ0v) is 14.4. The third-order valence-electron chi connectivity index (χ3n) is 6.26. The number of carbonyl (C=O) groups excluding carboxylic acids is 1. The average molecular weight is 328 g/mol. The van der Waals surface area contributed by atoms with Crippen LogP contribution in [0.25, 0.3) is 0 Å². The first kappa shape index (κ1) is 16.1. The van der Waals surface area contributed by atoms with Gasteiger partial charge in [0.05, 0.1) is 18.7 Å². The predicted octanol–water partition coefficient (Wildman–Crippen LogP) is 2.54. The summed E-state index contributed by atoms with van der Waals surface area (Å²) in [6.45, 7) is 3.98. The van der Waals surface area contributed by atoms with Crippen molar-refractivity contribution in [2.75, 3.05) is 32.8 Å². The van der Waals surface area contributed by atoms with Gasteiger partial charge in [-0.05, 0) is 30.7 Å². The molecule has 0 spiro atoms. The van der Waals surface area contributed by atoms with E-state index in [9.17, 15) is 4.79 Å². The van der Waals surface area contributed by atoms with Crippen molar-refractivity contribution in [1.82, 2.24) is 10.2 Å². The highest BCUT2D eigenvalue weighted by molar-refractivity contribution is 5.78. The van der Waals surface area contributed by atoms with Gasteiger partial charge in [0.1, 0.15) is 0 Å². The lowest BCUT2D eigenvalue weighted by Crippen LogP contribution is -2.67. The molecule has 4 nitrogen and oxygen atoms in total. The first-order valence-electron chi connectivity index (χ1n) is 9.44.